The minimum Gasteiger partial charge on any atom is -0.330 e. The molecule has 2 nitrogen and oxygen atoms in total. The third-order valence-electron chi connectivity index (χ3n) is 4.01. The third-order valence-corrected chi connectivity index (χ3v) is 4.41. The minimum atomic E-state index is 0.159. The van der Waals surface area contributed by atoms with Crippen LogP contribution in [0.15, 0.2) is 18.2 Å². The number of benzene rings is 1. The van der Waals surface area contributed by atoms with E-state index in [1.54, 1.807) is 6.07 Å². The van der Waals surface area contributed by atoms with Crippen molar-refractivity contribution >= 4 is 17.4 Å². The van der Waals surface area contributed by atoms with E-state index in [1.807, 2.05) is 19.1 Å². The SMILES string of the molecule is Cc1ccc(C(=O)C2CCC(CN)CC2)cc1Cl. The Kier molecular flexibility index (Phi) is 4.41. The van der Waals surface area contributed by atoms with E-state index in [0.29, 0.717) is 10.9 Å². The first-order chi connectivity index (χ1) is 8.61. The summed E-state index contributed by atoms with van der Waals surface area (Å²) in [5.74, 6) is 1.01. The van der Waals surface area contributed by atoms with Crippen molar-refractivity contribution in [2.75, 3.05) is 6.54 Å². The number of rotatable bonds is 3. The van der Waals surface area contributed by atoms with Crippen LogP contribution < -0.4 is 5.73 Å². The van der Waals surface area contributed by atoms with Crippen LogP contribution in [-0.4, -0.2) is 12.3 Å². The lowest BCUT2D eigenvalue weighted by atomic mass is 9.78. The van der Waals surface area contributed by atoms with Gasteiger partial charge in [0, 0.05) is 16.5 Å². The summed E-state index contributed by atoms with van der Waals surface area (Å²) < 4.78 is 0. The Morgan fingerprint density at radius 2 is 2.00 bits per heavy atom. The number of nitrogens with two attached hydrogens (primary N) is 1. The molecule has 0 saturated heterocycles. The standard InChI is InChI=1S/C15H20ClNO/c1-10-2-5-13(8-14(10)16)15(18)12-6-3-11(9-17)4-7-12/h2,5,8,11-12H,3-4,6-7,9,17H2,1H3. The van der Waals surface area contributed by atoms with Gasteiger partial charge in [-0.25, -0.2) is 0 Å². The Bertz CT molecular complexity index is 436. The van der Waals surface area contributed by atoms with Crippen molar-refractivity contribution in [3.63, 3.8) is 0 Å². The summed E-state index contributed by atoms with van der Waals surface area (Å²) in [7, 11) is 0. The number of halogens is 1. The van der Waals surface area contributed by atoms with E-state index in [1.165, 1.54) is 0 Å². The number of aryl methyl sites for hydroxylation is 1. The van der Waals surface area contributed by atoms with E-state index in [2.05, 4.69) is 0 Å². The smallest absolute Gasteiger partial charge is 0.165 e. The number of ketones is 1. The van der Waals surface area contributed by atoms with Crippen molar-refractivity contribution in [3.8, 4) is 0 Å². The zero-order valence-corrected chi connectivity index (χ0v) is 11.5. The molecule has 0 radical (unpaired) electrons. The van der Waals surface area contributed by atoms with Crippen molar-refractivity contribution in [2.24, 2.45) is 17.6 Å². The summed E-state index contributed by atoms with van der Waals surface area (Å²) >= 11 is 6.07. The van der Waals surface area contributed by atoms with Crippen LogP contribution in [0.3, 0.4) is 0 Å². The van der Waals surface area contributed by atoms with Gasteiger partial charge < -0.3 is 5.73 Å². The van der Waals surface area contributed by atoms with E-state index in [-0.39, 0.29) is 11.7 Å². The van der Waals surface area contributed by atoms with E-state index >= 15 is 0 Å². The fourth-order valence-electron chi connectivity index (χ4n) is 2.64. The Morgan fingerprint density at radius 1 is 1.33 bits per heavy atom. The van der Waals surface area contributed by atoms with E-state index < -0.39 is 0 Å². The van der Waals surface area contributed by atoms with Crippen LogP contribution in [0.5, 0.6) is 0 Å². The Morgan fingerprint density at radius 3 is 2.56 bits per heavy atom. The molecule has 1 aromatic rings. The lowest BCUT2D eigenvalue weighted by Gasteiger charge is -2.26. The van der Waals surface area contributed by atoms with Gasteiger partial charge in [0.2, 0.25) is 0 Å². The fourth-order valence-corrected chi connectivity index (χ4v) is 2.82. The number of carbonyl (C=O) groups excluding carboxylic acids is 1. The third kappa shape index (κ3) is 2.93. The van der Waals surface area contributed by atoms with Crippen molar-refractivity contribution < 1.29 is 4.79 Å². The summed E-state index contributed by atoms with van der Waals surface area (Å²) in [5, 5.41) is 0.677. The molecule has 2 rings (SSSR count). The first-order valence-electron chi connectivity index (χ1n) is 6.62. The van der Waals surface area contributed by atoms with E-state index in [4.69, 9.17) is 17.3 Å². The van der Waals surface area contributed by atoms with Gasteiger partial charge in [-0.05, 0) is 56.7 Å². The van der Waals surface area contributed by atoms with Crippen LogP contribution in [0.2, 0.25) is 5.02 Å². The van der Waals surface area contributed by atoms with Gasteiger partial charge in [-0.15, -0.1) is 0 Å². The second-order valence-corrected chi connectivity index (χ2v) is 5.69. The van der Waals surface area contributed by atoms with Gasteiger partial charge in [0.15, 0.2) is 5.78 Å². The molecule has 1 aliphatic carbocycles. The Labute approximate surface area is 114 Å². The van der Waals surface area contributed by atoms with Gasteiger partial charge >= 0.3 is 0 Å². The first-order valence-corrected chi connectivity index (χ1v) is 7.00. The average molecular weight is 266 g/mol. The molecule has 1 aromatic carbocycles. The predicted molar refractivity (Wildman–Crippen MR) is 75.0 cm³/mol. The van der Waals surface area contributed by atoms with Crippen LogP contribution in [0.25, 0.3) is 0 Å². The predicted octanol–water partition coefficient (Wildman–Crippen LogP) is 3.60. The van der Waals surface area contributed by atoms with Gasteiger partial charge in [0.25, 0.3) is 0 Å². The maximum atomic E-state index is 12.4. The Balaban J connectivity index is 2.05. The topological polar surface area (TPSA) is 43.1 Å². The lowest BCUT2D eigenvalue weighted by Crippen LogP contribution is -2.25. The highest BCUT2D eigenvalue weighted by Gasteiger charge is 2.26. The normalized spacial score (nSPS) is 23.9. The monoisotopic (exact) mass is 265 g/mol. The van der Waals surface area contributed by atoms with Gasteiger partial charge in [-0.1, -0.05) is 23.7 Å². The van der Waals surface area contributed by atoms with E-state index in [0.717, 1.165) is 43.4 Å². The van der Waals surface area contributed by atoms with Crippen LogP contribution in [0.1, 0.15) is 41.6 Å². The highest BCUT2D eigenvalue weighted by Crippen LogP contribution is 2.31. The van der Waals surface area contributed by atoms with Crippen molar-refractivity contribution in [2.45, 2.75) is 32.6 Å². The molecule has 0 bridgehead atoms. The average Bonchev–Trinajstić information content (AvgIpc) is 2.41. The summed E-state index contributed by atoms with van der Waals surface area (Å²) in [6.45, 7) is 2.69. The molecule has 1 saturated carbocycles. The number of hydrogen-bond donors (Lipinski definition) is 1. The maximum absolute atomic E-state index is 12.4. The van der Waals surface area contributed by atoms with Crippen molar-refractivity contribution in [1.82, 2.24) is 0 Å². The van der Waals surface area contributed by atoms with Crippen molar-refractivity contribution in [1.29, 1.82) is 0 Å². The molecule has 0 atom stereocenters. The molecule has 18 heavy (non-hydrogen) atoms. The molecule has 0 aromatic heterocycles. The number of Topliss-reactive ketones (excluding diaryl/α,β-unsaturated/α-hetero) is 1. The second kappa shape index (κ2) is 5.85. The van der Waals surface area contributed by atoms with Gasteiger partial charge in [-0.2, -0.15) is 0 Å². The quantitative estimate of drug-likeness (QED) is 0.849. The minimum absolute atomic E-state index is 0.159. The molecule has 0 unspecified atom stereocenters. The number of hydrogen-bond acceptors (Lipinski definition) is 2. The highest BCUT2D eigenvalue weighted by molar-refractivity contribution is 6.31. The van der Waals surface area contributed by atoms with Gasteiger partial charge in [0.05, 0.1) is 0 Å². The largest absolute Gasteiger partial charge is 0.330 e. The molecular formula is C15H20ClNO. The molecule has 0 heterocycles. The summed E-state index contributed by atoms with van der Waals surface area (Å²) in [4.78, 5) is 12.4. The summed E-state index contributed by atoms with van der Waals surface area (Å²) in [6.07, 6.45) is 4.08. The number of carbonyl (C=O) groups is 1. The van der Waals surface area contributed by atoms with E-state index in [9.17, 15) is 4.79 Å². The highest BCUT2D eigenvalue weighted by atomic mass is 35.5. The van der Waals surface area contributed by atoms with Crippen LogP contribution in [0.4, 0.5) is 0 Å². The molecular weight excluding hydrogens is 246 g/mol. The van der Waals surface area contributed by atoms with Crippen LogP contribution >= 0.6 is 11.6 Å². The molecule has 1 fully saturated rings. The molecule has 98 valence electrons. The molecule has 3 heteroatoms. The zero-order valence-electron chi connectivity index (χ0n) is 10.8. The van der Waals surface area contributed by atoms with Crippen LogP contribution in [0, 0.1) is 18.8 Å². The molecule has 1 aliphatic rings. The first kappa shape index (κ1) is 13.6. The zero-order chi connectivity index (χ0) is 13.1. The molecule has 0 amide bonds. The van der Waals surface area contributed by atoms with Crippen LogP contribution in [-0.2, 0) is 0 Å². The maximum Gasteiger partial charge on any atom is 0.165 e. The van der Waals surface area contributed by atoms with Gasteiger partial charge in [0.1, 0.15) is 0 Å². The molecule has 0 spiro atoms. The summed E-state index contributed by atoms with van der Waals surface area (Å²) in [5.41, 5.74) is 7.44. The van der Waals surface area contributed by atoms with Gasteiger partial charge in [-0.3, -0.25) is 4.79 Å². The second-order valence-electron chi connectivity index (χ2n) is 5.28. The summed E-state index contributed by atoms with van der Waals surface area (Å²) in [6, 6.07) is 5.61. The molecule has 0 aliphatic heterocycles. The molecule has 2 N–H and O–H groups in total. The van der Waals surface area contributed by atoms with Crippen molar-refractivity contribution in [3.05, 3.63) is 34.3 Å². The lowest BCUT2D eigenvalue weighted by molar-refractivity contribution is 0.0873. The Hall–Kier alpha value is -0.860. The fraction of sp³-hybridized carbons (Fsp3) is 0.533.